The van der Waals surface area contributed by atoms with Crippen molar-refractivity contribution in [1.82, 2.24) is 4.90 Å². The van der Waals surface area contributed by atoms with Crippen molar-refractivity contribution in [3.63, 3.8) is 0 Å². The number of aromatic hydroxyl groups is 1. The van der Waals surface area contributed by atoms with E-state index in [0.717, 1.165) is 6.07 Å². The van der Waals surface area contributed by atoms with Gasteiger partial charge in [0, 0.05) is 13.1 Å². The van der Waals surface area contributed by atoms with E-state index >= 15 is 0 Å². The fraction of sp³-hybridized carbons (Fsp3) is 0.417. The Kier molecular flexibility index (Phi) is 4.10. The Balaban J connectivity index is 3.21. The number of para-hydroxylation sites is 1. The molecule has 1 amide bonds. The maximum absolute atomic E-state index is 12.2. The highest BCUT2D eigenvalue weighted by molar-refractivity contribution is 5.98. The van der Waals surface area contributed by atoms with Crippen LogP contribution in [0.1, 0.15) is 24.2 Å². The monoisotopic (exact) mass is 268 g/mol. The summed E-state index contributed by atoms with van der Waals surface area (Å²) in [6.45, 7) is 3.00. The zero-order valence-electron chi connectivity index (χ0n) is 11.0. The van der Waals surface area contributed by atoms with E-state index in [0.29, 0.717) is 0 Å². The molecule has 19 heavy (non-hydrogen) atoms. The SMILES string of the molecule is CN(C(=O)c1cccc([N+](=O)[O-])c1O)C(C)(C)CO. The molecule has 0 unspecified atom stereocenters. The average molecular weight is 268 g/mol. The van der Waals surface area contributed by atoms with Crippen molar-refractivity contribution in [3.05, 3.63) is 33.9 Å². The summed E-state index contributed by atoms with van der Waals surface area (Å²) in [5.41, 5.74) is -1.53. The molecule has 0 saturated carbocycles. The molecule has 0 spiro atoms. The number of nitro benzene ring substituents is 1. The number of phenols is 1. The normalized spacial score (nSPS) is 11.2. The molecule has 0 atom stereocenters. The summed E-state index contributed by atoms with van der Waals surface area (Å²) in [4.78, 5) is 23.3. The van der Waals surface area contributed by atoms with E-state index in [1.54, 1.807) is 13.8 Å². The molecule has 0 bridgehead atoms. The summed E-state index contributed by atoms with van der Waals surface area (Å²) in [6.07, 6.45) is 0. The average Bonchev–Trinajstić information content (AvgIpc) is 2.36. The van der Waals surface area contributed by atoms with Gasteiger partial charge in [-0.1, -0.05) is 6.07 Å². The van der Waals surface area contributed by atoms with E-state index in [4.69, 9.17) is 0 Å². The van der Waals surface area contributed by atoms with Crippen molar-refractivity contribution in [2.24, 2.45) is 0 Å². The molecule has 1 aromatic carbocycles. The molecule has 0 fully saturated rings. The molecule has 0 aromatic heterocycles. The summed E-state index contributed by atoms with van der Waals surface area (Å²) in [7, 11) is 1.46. The second-order valence-corrected chi connectivity index (χ2v) is 4.77. The number of aliphatic hydroxyl groups excluding tert-OH is 1. The number of phenolic OH excluding ortho intramolecular Hbond substituents is 1. The lowest BCUT2D eigenvalue weighted by molar-refractivity contribution is -0.385. The summed E-state index contributed by atoms with van der Waals surface area (Å²) in [6, 6.07) is 3.74. The Bertz CT molecular complexity index is 513. The largest absolute Gasteiger partial charge is 0.502 e. The maximum Gasteiger partial charge on any atom is 0.311 e. The molecular formula is C12H16N2O5. The van der Waals surface area contributed by atoms with E-state index in [2.05, 4.69) is 0 Å². The number of amides is 1. The van der Waals surface area contributed by atoms with Crippen LogP contribution in [0.2, 0.25) is 0 Å². The van der Waals surface area contributed by atoms with Gasteiger partial charge in [-0.05, 0) is 19.9 Å². The van der Waals surface area contributed by atoms with Crippen molar-refractivity contribution < 1.29 is 19.9 Å². The highest BCUT2D eigenvalue weighted by atomic mass is 16.6. The van der Waals surface area contributed by atoms with Crippen molar-refractivity contribution in [2.45, 2.75) is 19.4 Å². The zero-order chi connectivity index (χ0) is 14.8. The van der Waals surface area contributed by atoms with Crippen LogP contribution in [-0.2, 0) is 0 Å². The second kappa shape index (κ2) is 5.23. The number of nitrogens with zero attached hydrogens (tertiary/aromatic N) is 2. The predicted molar refractivity (Wildman–Crippen MR) is 68.0 cm³/mol. The molecule has 0 aliphatic heterocycles. The van der Waals surface area contributed by atoms with Crippen LogP contribution < -0.4 is 0 Å². The molecule has 0 radical (unpaired) electrons. The van der Waals surface area contributed by atoms with Gasteiger partial charge in [0.15, 0.2) is 0 Å². The summed E-state index contributed by atoms with van der Waals surface area (Å²) in [5, 5.41) is 29.7. The summed E-state index contributed by atoms with van der Waals surface area (Å²) < 4.78 is 0. The molecule has 1 aromatic rings. The van der Waals surface area contributed by atoms with Gasteiger partial charge in [0.25, 0.3) is 5.91 Å². The van der Waals surface area contributed by atoms with Crippen LogP contribution in [0.25, 0.3) is 0 Å². The standard InChI is InChI=1S/C12H16N2O5/c1-12(2,7-15)13(3)11(17)8-5-4-6-9(10(8)16)14(18)19/h4-6,15-16H,7H2,1-3H3. The van der Waals surface area contributed by atoms with Gasteiger partial charge in [-0.15, -0.1) is 0 Å². The van der Waals surface area contributed by atoms with Crippen molar-refractivity contribution in [2.75, 3.05) is 13.7 Å². The van der Waals surface area contributed by atoms with E-state index in [1.165, 1.54) is 24.1 Å². The van der Waals surface area contributed by atoms with Crippen LogP contribution in [0.5, 0.6) is 5.75 Å². The first-order valence-electron chi connectivity index (χ1n) is 5.57. The Morgan fingerprint density at radius 3 is 2.53 bits per heavy atom. The van der Waals surface area contributed by atoms with E-state index in [-0.39, 0.29) is 12.2 Å². The van der Waals surface area contributed by atoms with Crippen LogP contribution in [0, 0.1) is 10.1 Å². The first kappa shape index (κ1) is 14.9. The molecule has 2 N–H and O–H groups in total. The van der Waals surface area contributed by atoms with Crippen LogP contribution in [0.15, 0.2) is 18.2 Å². The molecule has 104 valence electrons. The Hall–Kier alpha value is -2.15. The smallest absolute Gasteiger partial charge is 0.311 e. The molecule has 7 nitrogen and oxygen atoms in total. The zero-order valence-corrected chi connectivity index (χ0v) is 11.0. The third-order valence-electron chi connectivity index (χ3n) is 3.04. The van der Waals surface area contributed by atoms with Crippen LogP contribution in [-0.4, -0.2) is 45.1 Å². The minimum Gasteiger partial charge on any atom is -0.502 e. The Labute approximate surface area is 110 Å². The number of hydrogen-bond acceptors (Lipinski definition) is 5. The highest BCUT2D eigenvalue weighted by Crippen LogP contribution is 2.31. The molecule has 1 rings (SSSR count). The quantitative estimate of drug-likeness (QED) is 0.629. The number of rotatable bonds is 4. The lowest BCUT2D eigenvalue weighted by Gasteiger charge is -2.34. The van der Waals surface area contributed by atoms with Crippen LogP contribution >= 0.6 is 0 Å². The minimum absolute atomic E-state index is 0.168. The van der Waals surface area contributed by atoms with E-state index < -0.39 is 27.8 Å². The minimum atomic E-state index is -0.839. The number of nitro groups is 1. The van der Waals surface area contributed by atoms with Gasteiger partial charge in [-0.3, -0.25) is 14.9 Å². The molecule has 0 saturated heterocycles. The van der Waals surface area contributed by atoms with E-state index in [9.17, 15) is 25.1 Å². The van der Waals surface area contributed by atoms with Gasteiger partial charge < -0.3 is 15.1 Å². The summed E-state index contributed by atoms with van der Waals surface area (Å²) >= 11 is 0. The van der Waals surface area contributed by atoms with E-state index in [1.807, 2.05) is 0 Å². The van der Waals surface area contributed by atoms with Crippen molar-refractivity contribution in [1.29, 1.82) is 0 Å². The lowest BCUT2D eigenvalue weighted by atomic mass is 10.0. The molecule has 7 heteroatoms. The van der Waals surface area contributed by atoms with Crippen LogP contribution in [0.4, 0.5) is 5.69 Å². The van der Waals surface area contributed by atoms with Crippen molar-refractivity contribution >= 4 is 11.6 Å². The number of benzene rings is 1. The third-order valence-corrected chi connectivity index (χ3v) is 3.04. The van der Waals surface area contributed by atoms with Gasteiger partial charge in [-0.25, -0.2) is 0 Å². The fourth-order valence-electron chi connectivity index (χ4n) is 1.41. The number of hydrogen-bond donors (Lipinski definition) is 2. The highest BCUT2D eigenvalue weighted by Gasteiger charge is 2.30. The molecule has 0 heterocycles. The van der Waals surface area contributed by atoms with Crippen molar-refractivity contribution in [3.8, 4) is 5.75 Å². The third kappa shape index (κ3) is 2.82. The Morgan fingerprint density at radius 1 is 1.47 bits per heavy atom. The molecule has 0 aliphatic rings. The first-order valence-corrected chi connectivity index (χ1v) is 5.57. The maximum atomic E-state index is 12.2. The van der Waals surface area contributed by atoms with Gasteiger partial charge >= 0.3 is 5.69 Å². The predicted octanol–water partition coefficient (Wildman–Crippen LogP) is 1.14. The summed E-state index contributed by atoms with van der Waals surface area (Å²) in [5.74, 6) is -1.27. The second-order valence-electron chi connectivity index (χ2n) is 4.77. The number of carbonyl (C=O) groups excluding carboxylic acids is 1. The number of carbonyl (C=O) groups is 1. The topological polar surface area (TPSA) is 104 Å². The Morgan fingerprint density at radius 2 is 2.05 bits per heavy atom. The lowest BCUT2D eigenvalue weighted by Crippen LogP contribution is -2.47. The number of aliphatic hydroxyl groups is 1. The molecular weight excluding hydrogens is 252 g/mol. The van der Waals surface area contributed by atoms with Crippen LogP contribution in [0.3, 0.4) is 0 Å². The molecule has 0 aliphatic carbocycles. The number of likely N-dealkylation sites (N-methyl/N-ethyl adjacent to an activating group) is 1. The van der Waals surface area contributed by atoms with Gasteiger partial charge in [0.1, 0.15) is 0 Å². The van der Waals surface area contributed by atoms with Gasteiger partial charge in [-0.2, -0.15) is 0 Å². The first-order chi connectivity index (χ1) is 8.72. The van der Waals surface area contributed by atoms with Gasteiger partial charge in [0.2, 0.25) is 5.75 Å². The fourth-order valence-corrected chi connectivity index (χ4v) is 1.41. The van der Waals surface area contributed by atoms with Gasteiger partial charge in [0.05, 0.1) is 22.6 Å².